The van der Waals surface area contributed by atoms with Crippen LogP contribution in [0.15, 0.2) is 0 Å². The van der Waals surface area contributed by atoms with Gasteiger partial charge in [-0.05, 0) is 38.6 Å². The first-order valence-electron chi connectivity index (χ1n) is 7.23. The molecule has 0 spiro atoms. The van der Waals surface area contributed by atoms with Gasteiger partial charge in [0.05, 0.1) is 5.92 Å². The van der Waals surface area contributed by atoms with Gasteiger partial charge < -0.3 is 10.2 Å². The lowest BCUT2D eigenvalue weighted by Gasteiger charge is -2.34. The Kier molecular flexibility index (Phi) is 4.43. The van der Waals surface area contributed by atoms with Crippen molar-refractivity contribution in [1.29, 1.82) is 0 Å². The van der Waals surface area contributed by atoms with Gasteiger partial charge in [0.15, 0.2) is 0 Å². The number of piperidine rings is 1. The van der Waals surface area contributed by atoms with E-state index in [4.69, 9.17) is 0 Å². The van der Waals surface area contributed by atoms with Gasteiger partial charge in [-0.15, -0.1) is 0 Å². The van der Waals surface area contributed by atoms with Crippen molar-refractivity contribution in [2.75, 3.05) is 19.6 Å². The van der Waals surface area contributed by atoms with Crippen LogP contribution >= 0.6 is 0 Å². The molecule has 0 radical (unpaired) electrons. The van der Waals surface area contributed by atoms with E-state index in [1.165, 1.54) is 25.7 Å². The minimum Gasteiger partial charge on any atom is -0.340 e. The van der Waals surface area contributed by atoms with E-state index in [0.29, 0.717) is 17.9 Å². The van der Waals surface area contributed by atoms with Crippen LogP contribution in [-0.4, -0.2) is 36.5 Å². The predicted octanol–water partition coefficient (Wildman–Crippen LogP) is 2.02. The number of hydrogen-bond acceptors (Lipinski definition) is 2. The van der Waals surface area contributed by atoms with Crippen LogP contribution in [0.2, 0.25) is 0 Å². The molecule has 0 aromatic rings. The minimum absolute atomic E-state index is 0.222. The highest BCUT2D eigenvalue weighted by Gasteiger charge is 2.32. The van der Waals surface area contributed by atoms with Crippen LogP contribution in [0.5, 0.6) is 0 Å². The average Bonchev–Trinajstić information content (AvgIpc) is 2.83. The molecule has 2 unspecified atom stereocenters. The number of carbonyl (C=O) groups is 1. The van der Waals surface area contributed by atoms with E-state index in [9.17, 15) is 4.79 Å². The summed E-state index contributed by atoms with van der Waals surface area (Å²) in [6.07, 6.45) is 6.10. The molecule has 1 aliphatic carbocycles. The summed E-state index contributed by atoms with van der Waals surface area (Å²) in [5, 5.41) is 3.39. The first kappa shape index (κ1) is 12.9. The summed E-state index contributed by atoms with van der Waals surface area (Å²) in [6.45, 7) is 7.19. The number of nitrogens with one attached hydrogen (secondary N) is 1. The zero-order chi connectivity index (χ0) is 12.3. The Morgan fingerprint density at radius 2 is 2.00 bits per heavy atom. The summed E-state index contributed by atoms with van der Waals surface area (Å²) in [6, 6.07) is 0.532. The van der Waals surface area contributed by atoms with Crippen molar-refractivity contribution in [1.82, 2.24) is 10.2 Å². The Bertz CT molecular complexity index is 261. The third-order valence-electron chi connectivity index (χ3n) is 4.31. The fourth-order valence-corrected chi connectivity index (χ4v) is 3.39. The number of amides is 1. The first-order valence-corrected chi connectivity index (χ1v) is 7.23. The average molecular weight is 238 g/mol. The Morgan fingerprint density at radius 1 is 1.29 bits per heavy atom. The maximum Gasteiger partial charge on any atom is 0.227 e. The molecule has 1 saturated carbocycles. The first-order chi connectivity index (χ1) is 8.22. The van der Waals surface area contributed by atoms with Crippen LogP contribution in [-0.2, 0) is 4.79 Å². The molecule has 2 atom stereocenters. The number of hydrogen-bond donors (Lipinski definition) is 1. The molecule has 1 amide bonds. The largest absolute Gasteiger partial charge is 0.340 e. The third kappa shape index (κ3) is 3.01. The Balaban J connectivity index is 1.95. The number of nitrogens with zero attached hydrogens (tertiary/aromatic N) is 1. The fourth-order valence-electron chi connectivity index (χ4n) is 3.39. The van der Waals surface area contributed by atoms with Crippen LogP contribution in [0.4, 0.5) is 0 Å². The van der Waals surface area contributed by atoms with Crippen LogP contribution in [0, 0.1) is 11.8 Å². The molecule has 1 saturated heterocycles. The van der Waals surface area contributed by atoms with Crippen LogP contribution in [0.25, 0.3) is 0 Å². The highest BCUT2D eigenvalue weighted by Crippen LogP contribution is 2.26. The van der Waals surface area contributed by atoms with Gasteiger partial charge in [0.1, 0.15) is 0 Å². The Labute approximate surface area is 105 Å². The molecule has 3 heteroatoms. The van der Waals surface area contributed by atoms with Crippen molar-refractivity contribution < 1.29 is 4.79 Å². The second kappa shape index (κ2) is 5.85. The Morgan fingerprint density at radius 3 is 2.59 bits per heavy atom. The second-order valence-electron chi connectivity index (χ2n) is 5.76. The van der Waals surface area contributed by atoms with E-state index in [0.717, 1.165) is 26.1 Å². The van der Waals surface area contributed by atoms with Gasteiger partial charge in [0, 0.05) is 19.1 Å². The van der Waals surface area contributed by atoms with E-state index in [-0.39, 0.29) is 5.92 Å². The van der Waals surface area contributed by atoms with Gasteiger partial charge in [-0.1, -0.05) is 19.8 Å². The third-order valence-corrected chi connectivity index (χ3v) is 4.31. The van der Waals surface area contributed by atoms with Gasteiger partial charge in [0.25, 0.3) is 0 Å². The van der Waals surface area contributed by atoms with E-state index >= 15 is 0 Å². The van der Waals surface area contributed by atoms with Crippen LogP contribution < -0.4 is 5.32 Å². The molecule has 0 bridgehead atoms. The van der Waals surface area contributed by atoms with Crippen molar-refractivity contribution in [3.8, 4) is 0 Å². The van der Waals surface area contributed by atoms with Gasteiger partial charge in [-0.25, -0.2) is 0 Å². The maximum atomic E-state index is 12.5. The summed E-state index contributed by atoms with van der Waals surface area (Å²) in [7, 11) is 0. The number of carbonyl (C=O) groups excluding carboxylic acids is 1. The zero-order valence-electron chi connectivity index (χ0n) is 11.2. The van der Waals surface area contributed by atoms with Crippen LogP contribution in [0.1, 0.15) is 46.0 Å². The van der Waals surface area contributed by atoms with E-state index in [1.54, 1.807) is 0 Å². The highest BCUT2D eigenvalue weighted by molar-refractivity contribution is 5.79. The predicted molar refractivity (Wildman–Crippen MR) is 69.8 cm³/mol. The summed E-state index contributed by atoms with van der Waals surface area (Å²) in [5.41, 5.74) is 0. The lowest BCUT2D eigenvalue weighted by Crippen LogP contribution is -2.48. The standard InChI is InChI=1S/C14H26N2O/c1-3-16(13-6-4-5-7-13)14(17)12-8-11(2)9-15-10-12/h11-13,15H,3-10H2,1-2H3. The van der Waals surface area contributed by atoms with Gasteiger partial charge in [-0.3, -0.25) is 4.79 Å². The van der Waals surface area contributed by atoms with Crippen molar-refractivity contribution in [2.24, 2.45) is 11.8 Å². The van der Waals surface area contributed by atoms with E-state index in [1.807, 2.05) is 0 Å². The normalized spacial score (nSPS) is 30.5. The SMILES string of the molecule is CCN(C(=O)C1CNCC(C)C1)C1CCCC1. The second-order valence-corrected chi connectivity index (χ2v) is 5.76. The summed E-state index contributed by atoms with van der Waals surface area (Å²) in [5.74, 6) is 1.26. The lowest BCUT2D eigenvalue weighted by atomic mass is 9.90. The molecule has 0 aromatic heterocycles. The van der Waals surface area contributed by atoms with E-state index < -0.39 is 0 Å². The van der Waals surface area contributed by atoms with Crippen molar-refractivity contribution in [3.63, 3.8) is 0 Å². The Hall–Kier alpha value is -0.570. The van der Waals surface area contributed by atoms with Crippen molar-refractivity contribution in [3.05, 3.63) is 0 Å². The van der Waals surface area contributed by atoms with Crippen LogP contribution in [0.3, 0.4) is 0 Å². The van der Waals surface area contributed by atoms with Gasteiger partial charge in [-0.2, -0.15) is 0 Å². The molecule has 1 aliphatic heterocycles. The molecule has 0 aromatic carbocycles. The molecule has 2 fully saturated rings. The summed E-state index contributed by atoms with van der Waals surface area (Å²) < 4.78 is 0. The molecule has 1 N–H and O–H groups in total. The molecule has 17 heavy (non-hydrogen) atoms. The molecule has 3 nitrogen and oxygen atoms in total. The maximum absolute atomic E-state index is 12.5. The van der Waals surface area contributed by atoms with Crippen molar-refractivity contribution >= 4 is 5.91 Å². The minimum atomic E-state index is 0.222. The summed E-state index contributed by atoms with van der Waals surface area (Å²) >= 11 is 0. The highest BCUT2D eigenvalue weighted by atomic mass is 16.2. The molecule has 98 valence electrons. The number of rotatable bonds is 3. The van der Waals surface area contributed by atoms with Gasteiger partial charge in [0.2, 0.25) is 5.91 Å². The molecular formula is C14H26N2O. The van der Waals surface area contributed by atoms with Crippen molar-refractivity contribution in [2.45, 2.75) is 52.0 Å². The monoisotopic (exact) mass is 238 g/mol. The molecular weight excluding hydrogens is 212 g/mol. The fraction of sp³-hybridized carbons (Fsp3) is 0.929. The quantitative estimate of drug-likeness (QED) is 0.816. The van der Waals surface area contributed by atoms with E-state index in [2.05, 4.69) is 24.1 Å². The topological polar surface area (TPSA) is 32.3 Å². The zero-order valence-corrected chi connectivity index (χ0v) is 11.2. The lowest BCUT2D eigenvalue weighted by molar-refractivity contribution is -0.138. The molecule has 1 heterocycles. The smallest absolute Gasteiger partial charge is 0.227 e. The molecule has 2 rings (SSSR count). The summed E-state index contributed by atoms with van der Waals surface area (Å²) in [4.78, 5) is 14.7. The van der Waals surface area contributed by atoms with Gasteiger partial charge >= 0.3 is 0 Å². The molecule has 2 aliphatic rings.